The van der Waals surface area contributed by atoms with Gasteiger partial charge in [0.15, 0.2) is 34.9 Å². The molecule has 352 valence electrons. The summed E-state index contributed by atoms with van der Waals surface area (Å²) in [5.74, 6) is -9.15. The van der Waals surface area contributed by atoms with Crippen LogP contribution < -0.4 is 11.5 Å². The molecule has 5 rings (SSSR count). The zero-order valence-electron chi connectivity index (χ0n) is 35.9. The van der Waals surface area contributed by atoms with Crippen molar-refractivity contribution in [2.24, 2.45) is 4.99 Å². The van der Waals surface area contributed by atoms with Gasteiger partial charge in [0, 0.05) is 54.2 Å². The van der Waals surface area contributed by atoms with Gasteiger partial charge in [-0.25, -0.2) is 45.7 Å². The Morgan fingerprint density at radius 2 is 1.14 bits per heavy atom. The molecule has 4 N–H and O–H groups in total. The Hall–Kier alpha value is -5.26. The third kappa shape index (κ3) is 16.4. The van der Waals surface area contributed by atoms with Gasteiger partial charge >= 0.3 is 17.9 Å². The van der Waals surface area contributed by atoms with Crippen LogP contribution in [-0.4, -0.2) is 91.0 Å². The molecule has 0 spiro atoms. The van der Waals surface area contributed by atoms with Gasteiger partial charge in [-0.2, -0.15) is 0 Å². The van der Waals surface area contributed by atoms with Gasteiger partial charge in [-0.15, -0.1) is 0 Å². The molecule has 4 aromatic rings. The van der Waals surface area contributed by atoms with Crippen LogP contribution in [0.4, 0.5) is 43.4 Å². The van der Waals surface area contributed by atoms with Gasteiger partial charge in [0.05, 0.1) is 61.2 Å². The highest BCUT2D eigenvalue weighted by Crippen LogP contribution is 2.33. The predicted molar refractivity (Wildman–Crippen MR) is 239 cm³/mol. The minimum absolute atomic E-state index is 0. The summed E-state index contributed by atoms with van der Waals surface area (Å²) in [4.78, 5) is 41.6. The monoisotopic (exact) mass is 933 g/mol. The van der Waals surface area contributed by atoms with E-state index in [-0.39, 0.29) is 60.7 Å². The first-order valence-electron chi connectivity index (χ1n) is 18.7. The normalized spacial score (nSPS) is 11.3. The number of nitrogen functional groups attached to an aromatic ring is 2. The van der Waals surface area contributed by atoms with Crippen LogP contribution in [0.5, 0.6) is 0 Å². The third-order valence-corrected chi connectivity index (χ3v) is 11.9. The SMILES string of the molecule is C.C.CCOCC[Si](C)(C)C.COC(=O)c1cc(F)c(F)c(N)c1N.COC(=O)c1cc(F)c(F)c2c1CC=N2.COC(=O)c1cc(F)c(F)c2ncn(COCC[Si](C)(C)C)c12. The van der Waals surface area contributed by atoms with Crippen LogP contribution in [0.2, 0.25) is 51.4 Å². The van der Waals surface area contributed by atoms with Gasteiger partial charge in [-0.3, -0.25) is 4.99 Å². The molecule has 63 heavy (non-hydrogen) atoms. The molecular weight excluding hydrogens is 873 g/mol. The maximum Gasteiger partial charge on any atom is 0.340 e. The maximum atomic E-state index is 13.9. The molecule has 0 saturated carbocycles. The average molecular weight is 934 g/mol. The van der Waals surface area contributed by atoms with Crippen LogP contribution in [0, 0.1) is 34.9 Å². The molecule has 0 atom stereocenters. The minimum atomic E-state index is -1.27. The number of ether oxygens (including phenoxy) is 5. The third-order valence-electron chi connectivity index (χ3n) is 8.54. The number of carbonyl (C=O) groups excluding carboxylic acids is 3. The summed E-state index contributed by atoms with van der Waals surface area (Å²) in [6.45, 7) is 18.3. The van der Waals surface area contributed by atoms with Crippen LogP contribution in [0.15, 0.2) is 29.5 Å². The molecule has 1 aliphatic rings. The molecule has 0 bridgehead atoms. The van der Waals surface area contributed by atoms with Gasteiger partial charge in [0.2, 0.25) is 0 Å². The Kier molecular flexibility index (Phi) is 23.6. The summed E-state index contributed by atoms with van der Waals surface area (Å²) >= 11 is 0. The van der Waals surface area contributed by atoms with E-state index < -0.39 is 74.6 Å². The maximum absolute atomic E-state index is 13.9. The van der Waals surface area contributed by atoms with Crippen molar-refractivity contribution in [2.75, 3.05) is 52.6 Å². The molecule has 0 amide bonds. The predicted octanol–water partition coefficient (Wildman–Crippen LogP) is 9.97. The van der Waals surface area contributed by atoms with E-state index in [1.54, 1.807) is 0 Å². The van der Waals surface area contributed by atoms with Crippen LogP contribution in [0.3, 0.4) is 0 Å². The second kappa shape index (κ2) is 25.8. The molecule has 1 aliphatic heterocycles. The first-order valence-corrected chi connectivity index (χ1v) is 26.1. The Balaban J connectivity index is 0.000000848. The Morgan fingerprint density at radius 1 is 0.683 bits per heavy atom. The first-order chi connectivity index (χ1) is 28.4. The van der Waals surface area contributed by atoms with Gasteiger partial charge in [0.25, 0.3) is 0 Å². The van der Waals surface area contributed by atoms with E-state index in [4.69, 9.17) is 20.9 Å². The Bertz CT molecular complexity index is 2210. The van der Waals surface area contributed by atoms with Crippen LogP contribution >= 0.6 is 0 Å². The lowest BCUT2D eigenvalue weighted by atomic mass is 10.0. The molecule has 0 unspecified atom stereocenters. The van der Waals surface area contributed by atoms with Crippen molar-refractivity contribution in [3.05, 3.63) is 81.7 Å². The zero-order chi connectivity index (χ0) is 46.4. The van der Waals surface area contributed by atoms with Crippen molar-refractivity contribution in [2.45, 2.75) is 86.3 Å². The second-order valence-electron chi connectivity index (χ2n) is 15.6. The number of nitrogens with two attached hydrogens (primary N) is 2. The number of rotatable bonds is 12. The topological polar surface area (TPSA) is 180 Å². The summed E-state index contributed by atoms with van der Waals surface area (Å²) in [6.07, 6.45) is 3.07. The van der Waals surface area contributed by atoms with E-state index in [0.717, 1.165) is 38.5 Å². The number of hydrogen-bond acceptors (Lipinski definition) is 12. The van der Waals surface area contributed by atoms with Gasteiger partial charge < -0.3 is 39.7 Å². The number of halogens is 6. The number of methoxy groups -OCH3 is 3. The number of esters is 3. The summed E-state index contributed by atoms with van der Waals surface area (Å²) in [5.41, 5.74) is 9.41. The number of aromatic nitrogens is 2. The van der Waals surface area contributed by atoms with Crippen molar-refractivity contribution < 1.29 is 64.4 Å². The molecule has 0 saturated heterocycles. The fourth-order valence-corrected chi connectivity index (χ4v) is 6.59. The second-order valence-corrected chi connectivity index (χ2v) is 26.8. The number of imidazole rings is 1. The molecule has 0 fully saturated rings. The van der Waals surface area contributed by atoms with Crippen molar-refractivity contribution >= 4 is 68.4 Å². The smallest absolute Gasteiger partial charge is 0.340 e. The van der Waals surface area contributed by atoms with Gasteiger partial charge in [-0.05, 0) is 37.2 Å². The summed E-state index contributed by atoms with van der Waals surface area (Å²) < 4.78 is 105. The van der Waals surface area contributed by atoms with E-state index in [1.165, 1.54) is 37.4 Å². The number of benzene rings is 3. The van der Waals surface area contributed by atoms with E-state index in [1.807, 2.05) is 6.92 Å². The highest BCUT2D eigenvalue weighted by molar-refractivity contribution is 6.76. The fraction of sp³-hybridized carbons (Fsp3) is 0.452. The number of anilines is 2. The molecule has 3 aromatic carbocycles. The van der Waals surface area contributed by atoms with E-state index in [2.05, 4.69) is 63.5 Å². The van der Waals surface area contributed by atoms with Gasteiger partial charge in [-0.1, -0.05) is 54.1 Å². The van der Waals surface area contributed by atoms with Crippen molar-refractivity contribution in [1.29, 1.82) is 0 Å². The highest BCUT2D eigenvalue weighted by atomic mass is 28.3. The van der Waals surface area contributed by atoms with E-state index in [9.17, 15) is 40.7 Å². The quantitative estimate of drug-likeness (QED) is 0.0345. The number of fused-ring (bicyclic) bond motifs is 2. The average Bonchev–Trinajstić information content (AvgIpc) is 3.88. The first kappa shape index (κ1) is 57.7. The lowest BCUT2D eigenvalue weighted by Gasteiger charge is -2.16. The Morgan fingerprint density at radius 3 is 1.67 bits per heavy atom. The largest absolute Gasteiger partial charge is 0.465 e. The van der Waals surface area contributed by atoms with Crippen LogP contribution in [0.25, 0.3) is 11.0 Å². The number of nitrogens with zero attached hydrogens (tertiary/aromatic N) is 3. The fourth-order valence-electron chi connectivity index (χ4n) is 5.07. The molecule has 1 aromatic heterocycles. The number of aliphatic imine (C=N–C) groups is 1. The molecule has 2 heterocycles. The van der Waals surface area contributed by atoms with Crippen molar-refractivity contribution in [1.82, 2.24) is 9.55 Å². The lowest BCUT2D eigenvalue weighted by Crippen LogP contribution is -2.22. The summed E-state index contributed by atoms with van der Waals surface area (Å²) in [5, 5.41) is 0. The lowest BCUT2D eigenvalue weighted by molar-refractivity contribution is 0.0590. The number of hydrogen-bond donors (Lipinski definition) is 2. The Labute approximate surface area is 367 Å². The molecule has 0 aliphatic carbocycles. The van der Waals surface area contributed by atoms with Crippen molar-refractivity contribution in [3.8, 4) is 0 Å². The van der Waals surface area contributed by atoms with Gasteiger partial charge in [0.1, 0.15) is 17.9 Å². The summed E-state index contributed by atoms with van der Waals surface area (Å²) in [7, 11) is 1.43. The molecule has 0 radical (unpaired) electrons. The molecule has 13 nitrogen and oxygen atoms in total. The van der Waals surface area contributed by atoms with Crippen LogP contribution in [-0.2, 0) is 36.8 Å². The molecular formula is C42H61F6N5O8Si2. The van der Waals surface area contributed by atoms with E-state index >= 15 is 0 Å². The zero-order valence-corrected chi connectivity index (χ0v) is 37.9. The highest BCUT2D eigenvalue weighted by Gasteiger charge is 2.25. The standard InChI is InChI=1S/C15H20F2N2O3Si.C10H7F2NO2.C8H8F2N2O2.C7H18OSi.2CH4/c1-21-15(20)10-7-11(16)12(17)13-14(10)19(8-18-13)9-22-5-6-23(2,3)4;1-15-10(14)6-4-7(11)8(12)9-5(6)2-3-13-9;1-14-8(13)3-2-4(9)5(10)7(12)6(3)11;1-5-8-6-7-9(2,3)4;;/h7-8H,5-6,9H2,1-4H3;3-4H,2H2,1H3;2H,11-12H2,1H3;5-7H2,1-4H3;2*1H4. The number of carbonyl (C=O) groups is 3. The van der Waals surface area contributed by atoms with Crippen molar-refractivity contribution in [3.63, 3.8) is 0 Å². The molecule has 21 heteroatoms. The summed E-state index contributed by atoms with van der Waals surface area (Å²) in [6, 6.07) is 4.58. The van der Waals surface area contributed by atoms with E-state index in [0.29, 0.717) is 24.7 Å². The van der Waals surface area contributed by atoms with Crippen LogP contribution in [0.1, 0.15) is 58.4 Å². The minimum Gasteiger partial charge on any atom is -0.465 e.